The second-order valence-electron chi connectivity index (χ2n) is 9.93. The van der Waals surface area contributed by atoms with E-state index in [1.165, 1.54) is 0 Å². The third-order valence-electron chi connectivity index (χ3n) is 6.84. The van der Waals surface area contributed by atoms with E-state index in [0.29, 0.717) is 18.8 Å². The minimum Gasteiger partial charge on any atom is -0.472 e. The summed E-state index contributed by atoms with van der Waals surface area (Å²) in [6, 6.07) is 17.4. The summed E-state index contributed by atoms with van der Waals surface area (Å²) in [6.45, 7) is 1.29. The maximum atomic E-state index is 5.46. The average Bonchev–Trinajstić information content (AvgIpc) is 3.93. The summed E-state index contributed by atoms with van der Waals surface area (Å²) in [5.74, 6) is 2.39. The van der Waals surface area contributed by atoms with Crippen molar-refractivity contribution >= 4 is 54.8 Å². The smallest absolute Gasteiger partial charge is 0.172 e. The number of nitrogens with one attached hydrogen (secondary N) is 2. The predicted molar refractivity (Wildman–Crippen MR) is 180 cm³/mol. The lowest BCUT2D eigenvalue weighted by atomic mass is 10.2. The summed E-state index contributed by atoms with van der Waals surface area (Å²) in [5, 5.41) is 15.5. The monoisotopic (exact) mass is 738 g/mol. The standard InChI is InChI=1S/2C16H12BrN5O/c17-12-10-20-22-15(19-9-11-3-1-5-18-8-11)7-13(21-16(12)22)14-4-2-6-23-14;17-13-9-20-22-15(19-8-11-2-1-4-18-7-11)6-14(21-16(13)22)12-3-5-23-10-12/h1-8,10,19H,9H2;1-7,9-10,19H,8H2. The molecule has 46 heavy (non-hydrogen) atoms. The number of fused-ring (bicyclic) bond motifs is 2. The Hall–Kier alpha value is -5.34. The van der Waals surface area contributed by atoms with Crippen LogP contribution in [0.25, 0.3) is 34.0 Å². The Bertz CT molecular complexity index is 2030. The molecule has 8 aromatic rings. The summed E-state index contributed by atoms with van der Waals surface area (Å²) in [7, 11) is 0. The number of halogens is 2. The fourth-order valence-electron chi connectivity index (χ4n) is 4.62. The first-order valence-corrected chi connectivity index (χ1v) is 15.6. The number of pyridine rings is 2. The van der Waals surface area contributed by atoms with Crippen LogP contribution in [0.3, 0.4) is 0 Å². The molecule has 0 spiro atoms. The Morgan fingerprint density at radius 2 is 1.28 bits per heavy atom. The SMILES string of the molecule is Brc1cnn2c(NCc3cccnc3)cc(-c3ccco3)nc12.Brc1cnn2c(NCc3cccnc3)cc(-c3ccoc3)nc12. The van der Waals surface area contributed by atoms with Crippen LogP contribution in [0.15, 0.2) is 128 Å². The van der Waals surface area contributed by atoms with Crippen LogP contribution in [0, 0.1) is 0 Å². The molecular formula is C32H24Br2N10O2. The minimum absolute atomic E-state index is 0.641. The molecule has 0 fully saturated rings. The summed E-state index contributed by atoms with van der Waals surface area (Å²) >= 11 is 6.97. The van der Waals surface area contributed by atoms with Gasteiger partial charge in [-0.1, -0.05) is 12.1 Å². The lowest BCUT2D eigenvalue weighted by Gasteiger charge is -2.10. The van der Waals surface area contributed by atoms with Crippen LogP contribution >= 0.6 is 31.9 Å². The van der Waals surface area contributed by atoms with Crippen molar-refractivity contribution in [2.24, 2.45) is 0 Å². The first-order valence-electron chi connectivity index (χ1n) is 14.0. The molecule has 228 valence electrons. The molecular weight excluding hydrogens is 716 g/mol. The number of hydrogen-bond donors (Lipinski definition) is 2. The molecule has 0 saturated carbocycles. The predicted octanol–water partition coefficient (Wildman–Crippen LogP) is 7.52. The Kier molecular flexibility index (Phi) is 8.52. The molecule has 0 radical (unpaired) electrons. The second-order valence-corrected chi connectivity index (χ2v) is 11.6. The van der Waals surface area contributed by atoms with Gasteiger partial charge in [0.05, 0.1) is 45.8 Å². The average molecular weight is 740 g/mol. The van der Waals surface area contributed by atoms with Crippen molar-refractivity contribution in [1.29, 1.82) is 0 Å². The molecule has 0 aliphatic heterocycles. The van der Waals surface area contributed by atoms with Crippen LogP contribution < -0.4 is 10.6 Å². The van der Waals surface area contributed by atoms with E-state index >= 15 is 0 Å². The molecule has 2 N–H and O–H groups in total. The van der Waals surface area contributed by atoms with E-state index in [2.05, 4.69) is 72.6 Å². The molecule has 0 bridgehead atoms. The van der Waals surface area contributed by atoms with Crippen molar-refractivity contribution in [2.75, 3.05) is 10.6 Å². The van der Waals surface area contributed by atoms with Gasteiger partial charge in [0.1, 0.15) is 17.3 Å². The normalized spacial score (nSPS) is 11.0. The summed E-state index contributed by atoms with van der Waals surface area (Å²) < 4.78 is 15.8. The topological polar surface area (TPSA) is 136 Å². The molecule has 0 aliphatic carbocycles. The van der Waals surface area contributed by atoms with Crippen molar-refractivity contribution in [3.63, 3.8) is 0 Å². The third-order valence-corrected chi connectivity index (χ3v) is 7.96. The van der Waals surface area contributed by atoms with Crippen molar-refractivity contribution in [2.45, 2.75) is 13.1 Å². The molecule has 8 rings (SSSR count). The Labute approximate surface area is 278 Å². The molecule has 0 unspecified atom stereocenters. The van der Waals surface area contributed by atoms with E-state index in [0.717, 1.165) is 60.0 Å². The van der Waals surface area contributed by atoms with Crippen LogP contribution in [0.5, 0.6) is 0 Å². The fraction of sp³-hybridized carbons (Fsp3) is 0.0625. The third kappa shape index (κ3) is 6.39. The van der Waals surface area contributed by atoms with E-state index in [1.54, 1.807) is 52.6 Å². The van der Waals surface area contributed by atoms with Gasteiger partial charge in [-0.2, -0.15) is 19.2 Å². The van der Waals surface area contributed by atoms with E-state index in [-0.39, 0.29) is 0 Å². The van der Waals surface area contributed by atoms with Gasteiger partial charge in [0.15, 0.2) is 17.1 Å². The number of anilines is 2. The van der Waals surface area contributed by atoms with Crippen LogP contribution in [0.1, 0.15) is 11.1 Å². The van der Waals surface area contributed by atoms with E-state index in [1.807, 2.05) is 67.0 Å². The van der Waals surface area contributed by atoms with Gasteiger partial charge in [0.25, 0.3) is 0 Å². The van der Waals surface area contributed by atoms with Crippen molar-refractivity contribution in [1.82, 2.24) is 39.2 Å². The fourth-order valence-corrected chi connectivity index (χ4v) is 5.32. The van der Waals surface area contributed by atoms with Gasteiger partial charge < -0.3 is 19.5 Å². The number of nitrogens with zero attached hydrogens (tertiary/aromatic N) is 8. The largest absolute Gasteiger partial charge is 0.472 e. The number of aromatic nitrogens is 8. The van der Waals surface area contributed by atoms with Crippen LogP contribution in [0.4, 0.5) is 11.6 Å². The maximum Gasteiger partial charge on any atom is 0.172 e. The minimum atomic E-state index is 0.641. The van der Waals surface area contributed by atoms with Gasteiger partial charge in [-0.25, -0.2) is 9.97 Å². The number of furan rings is 2. The highest BCUT2D eigenvalue weighted by molar-refractivity contribution is 9.11. The zero-order chi connectivity index (χ0) is 31.3. The molecule has 0 atom stereocenters. The Balaban J connectivity index is 0.000000147. The van der Waals surface area contributed by atoms with Crippen molar-refractivity contribution in [3.8, 4) is 22.7 Å². The van der Waals surface area contributed by atoms with Gasteiger partial charge in [0, 0.05) is 55.6 Å². The van der Waals surface area contributed by atoms with E-state index in [9.17, 15) is 0 Å². The van der Waals surface area contributed by atoms with E-state index in [4.69, 9.17) is 8.83 Å². The molecule has 0 saturated heterocycles. The highest BCUT2D eigenvalue weighted by atomic mass is 79.9. The van der Waals surface area contributed by atoms with Crippen LogP contribution in [0.2, 0.25) is 0 Å². The lowest BCUT2D eigenvalue weighted by molar-refractivity contribution is 0.568. The Morgan fingerprint density at radius 3 is 1.80 bits per heavy atom. The Morgan fingerprint density at radius 1 is 0.674 bits per heavy atom. The summed E-state index contributed by atoms with van der Waals surface area (Å²) in [4.78, 5) is 17.5. The second kappa shape index (κ2) is 13.3. The zero-order valence-electron chi connectivity index (χ0n) is 24.0. The molecule has 0 aromatic carbocycles. The zero-order valence-corrected chi connectivity index (χ0v) is 27.1. The highest BCUT2D eigenvalue weighted by Gasteiger charge is 2.14. The molecule has 12 nitrogen and oxygen atoms in total. The summed E-state index contributed by atoms with van der Waals surface area (Å²) in [5.41, 5.74) is 6.14. The van der Waals surface area contributed by atoms with Gasteiger partial charge in [-0.05, 0) is 73.3 Å². The molecule has 14 heteroatoms. The number of rotatable bonds is 8. The summed E-state index contributed by atoms with van der Waals surface area (Å²) in [6.07, 6.45) is 15.6. The van der Waals surface area contributed by atoms with Crippen molar-refractivity contribution < 1.29 is 8.83 Å². The molecule has 0 amide bonds. The van der Waals surface area contributed by atoms with Crippen LogP contribution in [-0.2, 0) is 13.1 Å². The molecule has 8 aromatic heterocycles. The number of hydrogen-bond acceptors (Lipinski definition) is 10. The highest BCUT2D eigenvalue weighted by Crippen LogP contribution is 2.28. The van der Waals surface area contributed by atoms with Crippen LogP contribution in [-0.4, -0.2) is 39.2 Å². The van der Waals surface area contributed by atoms with Gasteiger partial charge >= 0.3 is 0 Å². The molecule has 8 heterocycles. The van der Waals surface area contributed by atoms with Crippen molar-refractivity contribution in [3.05, 3.63) is 131 Å². The quantitative estimate of drug-likeness (QED) is 0.161. The van der Waals surface area contributed by atoms with E-state index < -0.39 is 0 Å². The molecule has 0 aliphatic rings. The maximum absolute atomic E-state index is 5.46. The van der Waals surface area contributed by atoms with Gasteiger partial charge in [-0.3, -0.25) is 9.97 Å². The van der Waals surface area contributed by atoms with Gasteiger partial charge in [-0.15, -0.1) is 0 Å². The van der Waals surface area contributed by atoms with Gasteiger partial charge in [0.2, 0.25) is 0 Å². The first kappa shape index (κ1) is 29.4. The lowest BCUT2D eigenvalue weighted by Crippen LogP contribution is -2.06. The first-order chi connectivity index (χ1) is 22.6.